The second-order valence-corrected chi connectivity index (χ2v) is 12.4. The molecule has 0 saturated carbocycles. The lowest BCUT2D eigenvalue weighted by Gasteiger charge is -2.46. The number of nitrogens with zero attached hydrogens (tertiary/aromatic N) is 6. The van der Waals surface area contributed by atoms with Crippen LogP contribution in [-0.2, 0) is 29.1 Å². The summed E-state index contributed by atoms with van der Waals surface area (Å²) in [4.78, 5) is 45.1. The van der Waals surface area contributed by atoms with Gasteiger partial charge in [0.15, 0.2) is 0 Å². The molecule has 3 aromatic rings. The minimum absolute atomic E-state index is 0.00409. The number of hydrogen-bond donors (Lipinski definition) is 2. The van der Waals surface area contributed by atoms with Crippen LogP contribution in [0.1, 0.15) is 55.4 Å². The Bertz CT molecular complexity index is 1610. The van der Waals surface area contributed by atoms with Crippen molar-refractivity contribution >= 4 is 23.5 Å². The van der Waals surface area contributed by atoms with E-state index in [4.69, 9.17) is 0 Å². The van der Waals surface area contributed by atoms with Gasteiger partial charge in [-0.25, -0.2) is 4.79 Å². The van der Waals surface area contributed by atoms with E-state index in [0.29, 0.717) is 32.5 Å². The summed E-state index contributed by atoms with van der Waals surface area (Å²) in [6.07, 6.45) is 0.462. The lowest BCUT2D eigenvalue weighted by atomic mass is 9.91. The lowest BCUT2D eigenvalue weighted by molar-refractivity contribution is -0.157. The fourth-order valence-corrected chi connectivity index (χ4v) is 6.56. The average Bonchev–Trinajstić information content (AvgIpc) is 3.39. The fourth-order valence-electron chi connectivity index (χ4n) is 6.56. The fraction of sp³-hybridized carbons (Fsp3) is 0.400. The maximum Gasteiger partial charge on any atom is 0.332 e. The molecule has 2 N–H and O–H groups in total. The minimum atomic E-state index is -0.762. The third-order valence-corrected chi connectivity index (χ3v) is 9.23. The highest BCUT2D eigenvalue weighted by Gasteiger charge is 2.52. The van der Waals surface area contributed by atoms with Gasteiger partial charge >= 0.3 is 6.03 Å². The molecule has 3 aliphatic rings. The highest BCUT2D eigenvalue weighted by molar-refractivity contribution is 5.92. The number of azo groups is 1. The molecule has 11 heteroatoms. The van der Waals surface area contributed by atoms with Gasteiger partial charge in [-0.3, -0.25) is 14.6 Å². The Labute approximate surface area is 269 Å². The van der Waals surface area contributed by atoms with Crippen molar-refractivity contribution in [1.29, 1.82) is 0 Å². The molecule has 3 heterocycles. The highest BCUT2D eigenvalue weighted by atomic mass is 16.3. The van der Waals surface area contributed by atoms with Crippen LogP contribution in [0.15, 0.2) is 83.0 Å². The summed E-state index contributed by atoms with van der Waals surface area (Å²) in [6, 6.07) is 21.5. The van der Waals surface area contributed by atoms with Crippen molar-refractivity contribution in [2.24, 2.45) is 10.2 Å². The summed E-state index contributed by atoms with van der Waals surface area (Å²) < 4.78 is 0. The summed E-state index contributed by atoms with van der Waals surface area (Å²) in [6.45, 7) is 7.57. The summed E-state index contributed by atoms with van der Waals surface area (Å²) in [5, 5.41) is 25.0. The molecule has 3 aromatic carbocycles. The number of carbonyl (C=O) groups excluding carboxylic acids is 3. The van der Waals surface area contributed by atoms with Crippen molar-refractivity contribution in [3.8, 4) is 5.75 Å². The highest BCUT2D eigenvalue weighted by Crippen LogP contribution is 2.37. The Kier molecular flexibility index (Phi) is 9.03. The average molecular weight is 624 g/mol. The van der Waals surface area contributed by atoms with Gasteiger partial charge in [0.05, 0.1) is 24.8 Å². The first-order valence-corrected chi connectivity index (χ1v) is 16.0. The molecule has 46 heavy (non-hydrogen) atoms. The van der Waals surface area contributed by atoms with Crippen molar-refractivity contribution in [2.45, 2.75) is 70.9 Å². The van der Waals surface area contributed by atoms with Gasteiger partial charge in [0.2, 0.25) is 11.8 Å². The maximum atomic E-state index is 14.2. The summed E-state index contributed by atoms with van der Waals surface area (Å²) in [7, 11) is 0. The van der Waals surface area contributed by atoms with Crippen molar-refractivity contribution in [1.82, 2.24) is 25.1 Å². The van der Waals surface area contributed by atoms with Crippen LogP contribution in [0.4, 0.5) is 10.5 Å². The first kappa shape index (κ1) is 31.2. The summed E-state index contributed by atoms with van der Waals surface area (Å²) >= 11 is 0. The molecular formula is C35H41N7O4. The lowest BCUT2D eigenvalue weighted by Crippen LogP contribution is -2.66. The number of phenols is 1. The van der Waals surface area contributed by atoms with Crippen LogP contribution >= 0.6 is 0 Å². The molecule has 0 radical (unpaired) electrons. The number of aromatic hydroxyl groups is 1. The van der Waals surface area contributed by atoms with Gasteiger partial charge in [-0.2, -0.15) is 15.2 Å². The van der Waals surface area contributed by atoms with Crippen LogP contribution in [0.5, 0.6) is 5.75 Å². The van der Waals surface area contributed by atoms with Crippen molar-refractivity contribution in [3.05, 3.63) is 95.1 Å². The molecule has 11 nitrogen and oxygen atoms in total. The number of piperazine rings is 1. The van der Waals surface area contributed by atoms with E-state index in [2.05, 4.69) is 28.5 Å². The number of fused-ring (bicyclic) bond motifs is 2. The number of nitrogens with one attached hydrogen (secondary N) is 1. The Morgan fingerprint density at radius 2 is 1.74 bits per heavy atom. The predicted molar refractivity (Wildman–Crippen MR) is 173 cm³/mol. The summed E-state index contributed by atoms with van der Waals surface area (Å²) in [5.41, 5.74) is 4.73. The zero-order valence-electron chi connectivity index (χ0n) is 26.5. The predicted octanol–water partition coefficient (Wildman–Crippen LogP) is 4.94. The van der Waals surface area contributed by atoms with E-state index < -0.39 is 12.2 Å². The van der Waals surface area contributed by atoms with E-state index in [9.17, 15) is 19.5 Å². The SMILES string of the molecule is CCCN(C(=O)NCc1ccccc1)N1CC(=O)N2[C@@H](Cc3ccc(O)cc3)C(=O)N(Cc3ccc4c(c3)C(C)C(C)N=N4)C[C@@H]21. The molecule has 0 bridgehead atoms. The third kappa shape index (κ3) is 6.32. The number of rotatable bonds is 9. The zero-order chi connectivity index (χ0) is 32.4. The quantitative estimate of drug-likeness (QED) is 0.350. The van der Waals surface area contributed by atoms with Gasteiger partial charge < -0.3 is 20.2 Å². The van der Waals surface area contributed by atoms with E-state index >= 15 is 0 Å². The zero-order valence-corrected chi connectivity index (χ0v) is 26.5. The molecule has 0 aromatic heterocycles. The number of hydrazine groups is 1. The Balaban J connectivity index is 1.29. The van der Waals surface area contributed by atoms with Crippen LogP contribution in [-0.4, -0.2) is 80.7 Å². The first-order chi connectivity index (χ1) is 22.2. The molecular weight excluding hydrogens is 582 g/mol. The number of urea groups is 1. The Morgan fingerprint density at radius 1 is 1.00 bits per heavy atom. The third-order valence-electron chi connectivity index (χ3n) is 9.23. The number of hydrogen-bond acceptors (Lipinski definition) is 7. The van der Waals surface area contributed by atoms with E-state index in [1.807, 2.05) is 66.2 Å². The molecule has 2 saturated heterocycles. The summed E-state index contributed by atoms with van der Waals surface area (Å²) in [5.74, 6) is -0.00864. The van der Waals surface area contributed by atoms with Gasteiger partial charge in [0.25, 0.3) is 0 Å². The Morgan fingerprint density at radius 3 is 2.48 bits per heavy atom. The standard InChI is InChI=1S/C35H41N7O4/c1-4-16-40(35(46)36-19-26-8-6-5-7-9-26)41-22-33(44)42-31(18-25-10-13-28(43)14-11-25)34(45)39(21-32(41)42)20-27-12-15-30-29(17-27)23(2)24(3)37-38-30/h5-15,17,23-24,31-32,43H,4,16,18-22H2,1-3H3,(H,36,46)/t23?,24?,31-,32+/m0/s1. The van der Waals surface area contributed by atoms with Crippen LogP contribution in [0.25, 0.3) is 0 Å². The second-order valence-electron chi connectivity index (χ2n) is 12.4. The molecule has 2 fully saturated rings. The van der Waals surface area contributed by atoms with Gasteiger partial charge in [-0.05, 0) is 53.8 Å². The van der Waals surface area contributed by atoms with E-state index in [0.717, 1.165) is 27.9 Å². The second kappa shape index (κ2) is 13.3. The number of carbonyl (C=O) groups is 3. The first-order valence-electron chi connectivity index (χ1n) is 16.0. The number of amides is 4. The molecule has 240 valence electrons. The van der Waals surface area contributed by atoms with Gasteiger partial charge in [-0.15, -0.1) is 0 Å². The molecule has 3 aliphatic heterocycles. The molecule has 4 amide bonds. The van der Waals surface area contributed by atoms with Crippen molar-refractivity contribution in [2.75, 3.05) is 19.6 Å². The molecule has 4 atom stereocenters. The molecule has 0 aliphatic carbocycles. The normalized spacial score (nSPS) is 22.5. The van der Waals surface area contributed by atoms with Crippen LogP contribution < -0.4 is 5.32 Å². The van der Waals surface area contributed by atoms with Gasteiger partial charge in [-0.1, -0.05) is 68.4 Å². The minimum Gasteiger partial charge on any atom is -0.508 e. The van der Waals surface area contributed by atoms with Crippen LogP contribution in [0, 0.1) is 0 Å². The van der Waals surface area contributed by atoms with Crippen LogP contribution in [0.3, 0.4) is 0 Å². The van der Waals surface area contributed by atoms with E-state index in [-0.39, 0.29) is 48.6 Å². The molecule has 2 unspecified atom stereocenters. The molecule has 0 spiro atoms. The smallest absolute Gasteiger partial charge is 0.332 e. The van der Waals surface area contributed by atoms with E-state index in [1.54, 1.807) is 34.2 Å². The van der Waals surface area contributed by atoms with E-state index in [1.165, 1.54) is 0 Å². The van der Waals surface area contributed by atoms with Gasteiger partial charge in [0, 0.05) is 32.0 Å². The van der Waals surface area contributed by atoms with Crippen LogP contribution in [0.2, 0.25) is 0 Å². The topological polar surface area (TPSA) is 121 Å². The largest absolute Gasteiger partial charge is 0.508 e. The monoisotopic (exact) mass is 623 g/mol. The molecule has 6 rings (SSSR count). The van der Waals surface area contributed by atoms with Crippen molar-refractivity contribution < 1.29 is 19.5 Å². The van der Waals surface area contributed by atoms with Crippen molar-refractivity contribution in [3.63, 3.8) is 0 Å². The maximum absolute atomic E-state index is 14.2. The number of benzene rings is 3. The Hall–Kier alpha value is -4.77. The number of phenolic OH excluding ortho intramolecular Hbond substituents is 1. The van der Waals surface area contributed by atoms with Gasteiger partial charge in [0.1, 0.15) is 18.0 Å².